The van der Waals surface area contributed by atoms with Gasteiger partial charge >= 0.3 is 5.97 Å². The average Bonchev–Trinajstić information content (AvgIpc) is 2.92. The van der Waals surface area contributed by atoms with Crippen molar-refractivity contribution in [2.24, 2.45) is 7.05 Å². The Morgan fingerprint density at radius 3 is 2.74 bits per heavy atom. The highest BCUT2D eigenvalue weighted by molar-refractivity contribution is 5.97. The molecular formula is C14H19NO4. The van der Waals surface area contributed by atoms with Crippen LogP contribution in [0.4, 0.5) is 0 Å². The number of aryl methyl sites for hydroxylation is 1. The van der Waals surface area contributed by atoms with E-state index >= 15 is 0 Å². The molecule has 0 unspecified atom stereocenters. The van der Waals surface area contributed by atoms with Crippen molar-refractivity contribution < 1.29 is 19.1 Å². The molecule has 0 saturated carbocycles. The van der Waals surface area contributed by atoms with Gasteiger partial charge in [-0.25, -0.2) is 4.79 Å². The number of carbonyl (C=O) groups is 2. The van der Waals surface area contributed by atoms with Crippen molar-refractivity contribution >= 4 is 11.8 Å². The second kappa shape index (κ2) is 5.57. The molecule has 2 atom stereocenters. The van der Waals surface area contributed by atoms with Gasteiger partial charge in [0, 0.05) is 18.8 Å². The highest BCUT2D eigenvalue weighted by Crippen LogP contribution is 2.19. The van der Waals surface area contributed by atoms with Crippen molar-refractivity contribution in [3.8, 4) is 0 Å². The molecule has 1 aromatic rings. The van der Waals surface area contributed by atoms with E-state index in [9.17, 15) is 9.59 Å². The summed E-state index contributed by atoms with van der Waals surface area (Å²) in [6, 6.07) is 1.56. The number of carbonyl (C=O) groups excluding carboxylic acids is 2. The smallest absolute Gasteiger partial charge is 0.355 e. The van der Waals surface area contributed by atoms with Gasteiger partial charge in [-0.2, -0.15) is 0 Å². The summed E-state index contributed by atoms with van der Waals surface area (Å²) in [5.41, 5.74) is 0.899. The first-order chi connectivity index (χ1) is 8.97. The molecule has 0 N–H and O–H groups in total. The molecule has 0 aliphatic carbocycles. The summed E-state index contributed by atoms with van der Waals surface area (Å²) in [5, 5.41) is 0. The molecule has 104 valence electrons. The third-order valence-corrected chi connectivity index (χ3v) is 3.34. The quantitative estimate of drug-likeness (QED) is 0.616. The highest BCUT2D eigenvalue weighted by atomic mass is 16.6. The summed E-state index contributed by atoms with van der Waals surface area (Å²) < 4.78 is 12.4. The molecule has 1 fully saturated rings. The van der Waals surface area contributed by atoms with Crippen LogP contribution in [0, 0.1) is 0 Å². The van der Waals surface area contributed by atoms with Gasteiger partial charge in [0.1, 0.15) is 12.3 Å². The lowest BCUT2D eigenvalue weighted by molar-refractivity contribution is -0.00319. The number of nitrogens with zero attached hydrogens (tertiary/aromatic N) is 1. The van der Waals surface area contributed by atoms with E-state index in [1.54, 1.807) is 23.9 Å². The fourth-order valence-corrected chi connectivity index (χ4v) is 2.21. The van der Waals surface area contributed by atoms with Gasteiger partial charge in [0.25, 0.3) is 0 Å². The van der Waals surface area contributed by atoms with Crippen LogP contribution in [-0.2, 0) is 16.5 Å². The van der Waals surface area contributed by atoms with Crippen molar-refractivity contribution in [1.82, 2.24) is 4.57 Å². The molecule has 2 rings (SSSR count). The molecule has 0 aromatic carbocycles. The fourth-order valence-electron chi connectivity index (χ4n) is 2.21. The highest BCUT2D eigenvalue weighted by Gasteiger charge is 2.24. The summed E-state index contributed by atoms with van der Waals surface area (Å²) in [6.45, 7) is 3.75. The van der Waals surface area contributed by atoms with E-state index in [1.165, 1.54) is 6.92 Å². The standard InChI is InChI=1S/C14H19NO4/c1-9-4-5-12(19-9)8-18-14(17)13-6-11(10(2)16)7-15(13)3/h6-7,9,12H,4-5,8H2,1-3H3/t9-,12+/m0/s1. The molecule has 1 aliphatic heterocycles. The minimum absolute atomic E-state index is 0.00787. The van der Waals surface area contributed by atoms with Crippen LogP contribution >= 0.6 is 0 Å². The molecule has 2 heterocycles. The monoisotopic (exact) mass is 265 g/mol. The Balaban J connectivity index is 1.94. The molecule has 0 amide bonds. The van der Waals surface area contributed by atoms with E-state index in [1.807, 2.05) is 6.92 Å². The lowest BCUT2D eigenvalue weighted by atomic mass is 10.2. The van der Waals surface area contributed by atoms with E-state index < -0.39 is 5.97 Å². The maximum atomic E-state index is 11.9. The van der Waals surface area contributed by atoms with Crippen LogP contribution in [0.3, 0.4) is 0 Å². The van der Waals surface area contributed by atoms with Crippen LogP contribution in [0.2, 0.25) is 0 Å². The van der Waals surface area contributed by atoms with E-state index in [4.69, 9.17) is 9.47 Å². The van der Waals surface area contributed by atoms with Crippen molar-refractivity contribution in [1.29, 1.82) is 0 Å². The zero-order valence-electron chi connectivity index (χ0n) is 11.5. The van der Waals surface area contributed by atoms with Gasteiger partial charge in [-0.3, -0.25) is 4.79 Å². The van der Waals surface area contributed by atoms with Crippen molar-refractivity contribution in [2.75, 3.05) is 6.61 Å². The van der Waals surface area contributed by atoms with Crippen LogP contribution in [0.25, 0.3) is 0 Å². The third kappa shape index (κ3) is 3.23. The van der Waals surface area contributed by atoms with Gasteiger partial charge in [-0.15, -0.1) is 0 Å². The van der Waals surface area contributed by atoms with Crippen LogP contribution in [-0.4, -0.2) is 35.1 Å². The second-order valence-electron chi connectivity index (χ2n) is 5.03. The minimum atomic E-state index is -0.418. The number of hydrogen-bond acceptors (Lipinski definition) is 4. The first-order valence-electron chi connectivity index (χ1n) is 6.47. The minimum Gasteiger partial charge on any atom is -0.458 e. The predicted molar refractivity (Wildman–Crippen MR) is 69.3 cm³/mol. The molecule has 5 heteroatoms. The number of aromatic nitrogens is 1. The summed E-state index contributed by atoms with van der Waals surface area (Å²) in [4.78, 5) is 23.2. The second-order valence-corrected chi connectivity index (χ2v) is 5.03. The van der Waals surface area contributed by atoms with Gasteiger partial charge in [0.15, 0.2) is 5.78 Å². The van der Waals surface area contributed by atoms with Crippen LogP contribution in [0.5, 0.6) is 0 Å². The zero-order valence-corrected chi connectivity index (χ0v) is 11.5. The largest absolute Gasteiger partial charge is 0.458 e. The summed E-state index contributed by atoms with van der Waals surface area (Å²) in [7, 11) is 1.72. The Morgan fingerprint density at radius 1 is 1.47 bits per heavy atom. The van der Waals surface area contributed by atoms with Crippen molar-refractivity contribution in [2.45, 2.75) is 38.9 Å². The molecule has 5 nitrogen and oxygen atoms in total. The molecule has 19 heavy (non-hydrogen) atoms. The Bertz CT molecular complexity index is 492. The Morgan fingerprint density at radius 2 is 2.21 bits per heavy atom. The van der Waals surface area contributed by atoms with Crippen molar-refractivity contribution in [3.63, 3.8) is 0 Å². The molecule has 1 saturated heterocycles. The topological polar surface area (TPSA) is 57.5 Å². The Labute approximate surface area is 112 Å². The lowest BCUT2D eigenvalue weighted by Gasteiger charge is -2.11. The van der Waals surface area contributed by atoms with Crippen LogP contribution in [0.1, 0.15) is 47.5 Å². The first kappa shape index (κ1) is 13.8. The molecule has 0 bridgehead atoms. The maximum absolute atomic E-state index is 11.9. The number of hydrogen-bond donors (Lipinski definition) is 0. The Kier molecular flexibility index (Phi) is 4.04. The maximum Gasteiger partial charge on any atom is 0.355 e. The molecule has 1 aromatic heterocycles. The summed E-state index contributed by atoms with van der Waals surface area (Å²) >= 11 is 0. The van der Waals surface area contributed by atoms with Gasteiger partial charge in [-0.1, -0.05) is 0 Å². The SMILES string of the molecule is CC(=O)c1cc(C(=O)OC[C@H]2CC[C@H](C)O2)n(C)c1. The summed E-state index contributed by atoms with van der Waals surface area (Å²) in [5.74, 6) is -0.485. The van der Waals surface area contributed by atoms with E-state index in [0.717, 1.165) is 12.8 Å². The number of esters is 1. The number of ether oxygens (including phenoxy) is 2. The number of ketones is 1. The van der Waals surface area contributed by atoms with Gasteiger partial charge in [0.2, 0.25) is 0 Å². The summed E-state index contributed by atoms with van der Waals surface area (Å²) in [6.07, 6.45) is 3.78. The van der Waals surface area contributed by atoms with Crippen LogP contribution < -0.4 is 0 Å². The lowest BCUT2D eigenvalue weighted by Crippen LogP contribution is -2.20. The normalized spacial score (nSPS) is 22.5. The van der Waals surface area contributed by atoms with Crippen molar-refractivity contribution in [3.05, 3.63) is 23.5 Å². The number of Topliss-reactive ketones (excluding diaryl/α,β-unsaturated/α-hetero) is 1. The number of rotatable bonds is 4. The average molecular weight is 265 g/mol. The fraction of sp³-hybridized carbons (Fsp3) is 0.571. The van der Waals surface area contributed by atoms with E-state index in [0.29, 0.717) is 11.3 Å². The first-order valence-corrected chi connectivity index (χ1v) is 6.47. The molecule has 1 aliphatic rings. The predicted octanol–water partition coefficient (Wildman–Crippen LogP) is 1.95. The molecular weight excluding hydrogens is 246 g/mol. The molecule has 0 spiro atoms. The van der Waals surface area contributed by atoms with Gasteiger partial charge in [-0.05, 0) is 32.8 Å². The van der Waals surface area contributed by atoms with Crippen LogP contribution in [0.15, 0.2) is 12.3 Å². The molecule has 0 radical (unpaired) electrons. The van der Waals surface area contributed by atoms with Gasteiger partial charge in [0.05, 0.1) is 12.2 Å². The van der Waals surface area contributed by atoms with Gasteiger partial charge < -0.3 is 14.0 Å². The third-order valence-electron chi connectivity index (χ3n) is 3.34. The Hall–Kier alpha value is -1.62. The zero-order chi connectivity index (χ0) is 14.0. The van der Waals surface area contributed by atoms with E-state index in [-0.39, 0.29) is 24.6 Å². The van der Waals surface area contributed by atoms with E-state index in [2.05, 4.69) is 0 Å².